The number of rotatable bonds is 8. The fourth-order valence-corrected chi connectivity index (χ4v) is 6.71. The normalized spacial score (nSPS) is 20.3. The second-order valence-corrected chi connectivity index (χ2v) is 12.6. The Balaban J connectivity index is 1.20. The minimum Gasteiger partial charge on any atom is -0.325 e. The lowest BCUT2D eigenvalue weighted by atomic mass is 9.99. The van der Waals surface area contributed by atoms with Crippen molar-refractivity contribution >= 4 is 50.2 Å². The molecule has 0 bridgehead atoms. The lowest BCUT2D eigenvalue weighted by Gasteiger charge is -2.27. The minimum absolute atomic E-state index is 0.134. The number of ketones is 1. The van der Waals surface area contributed by atoms with Gasteiger partial charge in [0.25, 0.3) is 0 Å². The number of Topliss-reactive ketones (excluding diaryl/α,β-unsaturated/α-hetero) is 1. The van der Waals surface area contributed by atoms with Crippen LogP contribution in [0.4, 0.5) is 5.82 Å². The predicted octanol–water partition coefficient (Wildman–Crippen LogP) is 3.76. The maximum atomic E-state index is 14.2. The fourth-order valence-electron chi connectivity index (χ4n) is 6.40. The van der Waals surface area contributed by atoms with Gasteiger partial charge < -0.3 is 10.2 Å². The van der Waals surface area contributed by atoms with Crippen molar-refractivity contribution < 1.29 is 14.4 Å². The Bertz CT molecular complexity index is 1970. The molecule has 2 aliphatic rings. The van der Waals surface area contributed by atoms with E-state index in [0.717, 1.165) is 23.1 Å². The largest absolute Gasteiger partial charge is 0.325 e. The topological polar surface area (TPSA) is 154 Å². The van der Waals surface area contributed by atoms with Gasteiger partial charge >= 0.3 is 0 Å². The van der Waals surface area contributed by atoms with Crippen LogP contribution >= 0.6 is 15.9 Å². The Labute approximate surface area is 266 Å². The Hall–Kier alpha value is -4.85. The zero-order chi connectivity index (χ0) is 31.5. The van der Waals surface area contributed by atoms with Crippen molar-refractivity contribution in [2.24, 2.45) is 5.41 Å². The van der Waals surface area contributed by atoms with Crippen LogP contribution in [0.2, 0.25) is 0 Å². The number of aryl methyl sites for hydroxylation is 2. The fraction of sp³-hybridized carbons (Fsp3) is 0.323. The highest BCUT2D eigenvalue weighted by Gasteiger charge is 2.67. The summed E-state index contributed by atoms with van der Waals surface area (Å²) in [6.45, 7) is 5.55. The van der Waals surface area contributed by atoms with E-state index in [0.29, 0.717) is 40.1 Å². The number of fused-ring (bicyclic) bond motifs is 2. The standard InChI is InChI=1S/C31H29BrN10O3/c1-17-4-7-26(32)36-29(17)37-30(45)24-11-31(16-40-9-8-35-39-40)12-25(31)42(24)27(44)15-41-23-6-5-20(21-13-33-19(3)34-14-21)10-22(23)28(38-41)18(2)43/h4-10,13-14,24-25H,11-12,15-16H2,1-3H3,(H,36,37,45)/t24-,25+,31-/m0/s1. The Kier molecular flexibility index (Phi) is 7.03. The second kappa shape index (κ2) is 10.9. The zero-order valence-electron chi connectivity index (χ0n) is 24.8. The molecular formula is C31H29BrN10O3. The van der Waals surface area contributed by atoms with Crippen molar-refractivity contribution in [3.05, 3.63) is 76.8 Å². The summed E-state index contributed by atoms with van der Waals surface area (Å²) < 4.78 is 3.90. The number of halogens is 1. The van der Waals surface area contributed by atoms with E-state index in [1.165, 1.54) is 6.92 Å². The number of aromatic nitrogens is 8. The highest BCUT2D eigenvalue weighted by molar-refractivity contribution is 9.10. The highest BCUT2D eigenvalue weighted by atomic mass is 79.9. The van der Waals surface area contributed by atoms with Crippen LogP contribution < -0.4 is 5.32 Å². The summed E-state index contributed by atoms with van der Waals surface area (Å²) in [7, 11) is 0. The van der Waals surface area contributed by atoms with Gasteiger partial charge in [0, 0.05) is 47.9 Å². The van der Waals surface area contributed by atoms with E-state index >= 15 is 0 Å². The number of benzene rings is 1. The monoisotopic (exact) mass is 668 g/mol. The predicted molar refractivity (Wildman–Crippen MR) is 167 cm³/mol. The number of hydrogen-bond donors (Lipinski definition) is 1. The number of carbonyl (C=O) groups excluding carboxylic acids is 3. The van der Waals surface area contributed by atoms with Crippen molar-refractivity contribution in [2.75, 3.05) is 5.32 Å². The first kappa shape index (κ1) is 28.9. The summed E-state index contributed by atoms with van der Waals surface area (Å²) in [6.07, 6.45) is 8.09. The Morgan fingerprint density at radius 1 is 1.07 bits per heavy atom. The molecule has 1 aliphatic heterocycles. The number of likely N-dealkylation sites (tertiary alicyclic amines) is 1. The molecule has 0 unspecified atom stereocenters. The van der Waals surface area contributed by atoms with E-state index in [1.54, 1.807) is 45.1 Å². The molecule has 7 rings (SSSR count). The molecule has 45 heavy (non-hydrogen) atoms. The maximum absolute atomic E-state index is 14.2. The maximum Gasteiger partial charge on any atom is 0.248 e. The molecular weight excluding hydrogens is 640 g/mol. The number of piperidine rings is 1. The number of anilines is 1. The van der Waals surface area contributed by atoms with Crippen LogP contribution in [0.3, 0.4) is 0 Å². The van der Waals surface area contributed by atoms with Gasteiger partial charge in [-0.2, -0.15) is 5.10 Å². The van der Waals surface area contributed by atoms with Gasteiger partial charge in [0.2, 0.25) is 11.8 Å². The van der Waals surface area contributed by atoms with Crippen molar-refractivity contribution in [1.82, 2.24) is 44.6 Å². The van der Waals surface area contributed by atoms with Gasteiger partial charge in [0.1, 0.15) is 34.5 Å². The molecule has 5 aromatic rings. The van der Waals surface area contributed by atoms with Crippen LogP contribution in [0.1, 0.15) is 41.6 Å². The number of carbonyl (C=O) groups is 3. The van der Waals surface area contributed by atoms with Crippen LogP contribution in [-0.4, -0.2) is 74.3 Å². The van der Waals surface area contributed by atoms with E-state index in [1.807, 2.05) is 38.1 Å². The van der Waals surface area contributed by atoms with Gasteiger partial charge in [0.05, 0.1) is 18.3 Å². The molecule has 1 aliphatic carbocycles. The van der Waals surface area contributed by atoms with Crippen molar-refractivity contribution in [3.8, 4) is 11.1 Å². The number of hydrogen-bond acceptors (Lipinski definition) is 9. The quantitative estimate of drug-likeness (QED) is 0.192. The molecule has 1 aromatic carbocycles. The molecule has 2 fully saturated rings. The molecule has 5 heterocycles. The van der Waals surface area contributed by atoms with Gasteiger partial charge in [-0.1, -0.05) is 17.3 Å². The molecule has 3 atom stereocenters. The molecule has 0 spiro atoms. The lowest BCUT2D eigenvalue weighted by Crippen LogP contribution is -2.47. The van der Waals surface area contributed by atoms with E-state index < -0.39 is 6.04 Å². The van der Waals surface area contributed by atoms with Crippen LogP contribution in [0, 0.1) is 19.3 Å². The average Bonchev–Trinajstić information content (AvgIpc) is 3.34. The van der Waals surface area contributed by atoms with E-state index in [2.05, 4.69) is 51.6 Å². The molecule has 1 saturated heterocycles. The van der Waals surface area contributed by atoms with E-state index in [9.17, 15) is 14.4 Å². The Morgan fingerprint density at radius 3 is 2.60 bits per heavy atom. The van der Waals surface area contributed by atoms with Crippen molar-refractivity contribution in [1.29, 1.82) is 0 Å². The Morgan fingerprint density at radius 2 is 1.87 bits per heavy atom. The van der Waals surface area contributed by atoms with E-state index in [-0.39, 0.29) is 41.3 Å². The van der Waals surface area contributed by atoms with Crippen LogP contribution in [0.5, 0.6) is 0 Å². The molecule has 14 heteroatoms. The second-order valence-electron chi connectivity index (χ2n) is 11.8. The number of nitrogens with zero attached hydrogens (tertiary/aromatic N) is 9. The summed E-state index contributed by atoms with van der Waals surface area (Å²) in [6, 6.07) is 8.41. The zero-order valence-corrected chi connectivity index (χ0v) is 26.4. The number of nitrogens with one attached hydrogen (secondary N) is 1. The van der Waals surface area contributed by atoms with Crippen molar-refractivity contribution in [2.45, 2.75) is 58.8 Å². The molecule has 0 radical (unpaired) electrons. The summed E-state index contributed by atoms with van der Waals surface area (Å²) >= 11 is 3.37. The molecule has 4 aromatic heterocycles. The molecule has 13 nitrogen and oxygen atoms in total. The van der Waals surface area contributed by atoms with Gasteiger partial charge in [0.15, 0.2) is 5.78 Å². The van der Waals surface area contributed by atoms with Crippen LogP contribution in [-0.2, 0) is 22.7 Å². The minimum atomic E-state index is -0.720. The van der Waals surface area contributed by atoms with Crippen molar-refractivity contribution in [3.63, 3.8) is 0 Å². The van der Waals surface area contributed by atoms with Gasteiger partial charge in [-0.3, -0.25) is 23.7 Å². The first-order valence-electron chi connectivity index (χ1n) is 14.5. The first-order valence-corrected chi connectivity index (χ1v) is 15.3. The molecule has 228 valence electrons. The smallest absolute Gasteiger partial charge is 0.248 e. The summed E-state index contributed by atoms with van der Waals surface area (Å²) in [5, 5.41) is 16.2. The number of pyridine rings is 1. The van der Waals surface area contributed by atoms with Gasteiger partial charge in [-0.25, -0.2) is 15.0 Å². The first-order chi connectivity index (χ1) is 21.6. The molecule has 1 N–H and O–H groups in total. The van der Waals surface area contributed by atoms with E-state index in [4.69, 9.17) is 0 Å². The average molecular weight is 670 g/mol. The third-order valence-electron chi connectivity index (χ3n) is 8.75. The van der Waals surface area contributed by atoms with Crippen LogP contribution in [0.15, 0.2) is 59.7 Å². The molecule has 1 saturated carbocycles. The third-order valence-corrected chi connectivity index (χ3v) is 9.19. The lowest BCUT2D eigenvalue weighted by molar-refractivity contribution is -0.138. The SMILES string of the molecule is CC(=O)c1nn(CC(=O)N2[C@H](C(=O)Nc3nc(Br)ccc3C)C[C@@]3(Cn4ccnn4)C[C@@H]23)c2ccc(-c3cnc(C)nc3)cc12. The number of amides is 2. The summed E-state index contributed by atoms with van der Waals surface area (Å²) in [4.78, 5) is 55.3. The summed E-state index contributed by atoms with van der Waals surface area (Å²) in [5.74, 6) is 0.322. The third kappa shape index (κ3) is 5.28. The molecule has 2 amide bonds. The van der Waals surface area contributed by atoms with Crippen LogP contribution in [0.25, 0.3) is 22.0 Å². The van der Waals surface area contributed by atoms with Gasteiger partial charge in [-0.15, -0.1) is 5.10 Å². The summed E-state index contributed by atoms with van der Waals surface area (Å²) in [5.41, 5.74) is 3.06. The van der Waals surface area contributed by atoms with Gasteiger partial charge in [-0.05, 0) is 71.9 Å². The highest BCUT2D eigenvalue weighted by Crippen LogP contribution is 2.60.